The molecule has 0 radical (unpaired) electrons. The van der Waals surface area contributed by atoms with E-state index < -0.39 is 5.97 Å². The molecular formula is C9H10N4O3. The molecule has 2 N–H and O–H groups in total. The van der Waals surface area contributed by atoms with Gasteiger partial charge in [-0.25, -0.2) is 14.8 Å². The van der Waals surface area contributed by atoms with E-state index in [0.717, 1.165) is 0 Å². The number of hydrogen-bond acceptors (Lipinski definition) is 6. The standard InChI is InChI=1S/C9H10N4O3/c10-3-7-4-13-8(5-12-7)11-1-2-16-6-9(14)15/h4-5H,1-2,6H2,(H,11,13)(H,14,15). The molecule has 1 aromatic heterocycles. The maximum Gasteiger partial charge on any atom is 0.329 e. The van der Waals surface area contributed by atoms with E-state index in [0.29, 0.717) is 12.4 Å². The van der Waals surface area contributed by atoms with Crippen LogP contribution >= 0.6 is 0 Å². The van der Waals surface area contributed by atoms with Gasteiger partial charge in [0.1, 0.15) is 18.5 Å². The summed E-state index contributed by atoms with van der Waals surface area (Å²) in [6, 6.07) is 1.85. The summed E-state index contributed by atoms with van der Waals surface area (Å²) in [6.07, 6.45) is 2.77. The van der Waals surface area contributed by atoms with Crippen molar-refractivity contribution < 1.29 is 14.6 Å². The number of anilines is 1. The number of nitrogens with zero attached hydrogens (tertiary/aromatic N) is 3. The summed E-state index contributed by atoms with van der Waals surface area (Å²) < 4.78 is 4.80. The predicted molar refractivity (Wildman–Crippen MR) is 53.7 cm³/mol. The summed E-state index contributed by atoms with van der Waals surface area (Å²) >= 11 is 0. The molecule has 0 aliphatic rings. The molecule has 0 aromatic carbocycles. The molecule has 1 heterocycles. The third-order valence-corrected chi connectivity index (χ3v) is 1.54. The van der Waals surface area contributed by atoms with Gasteiger partial charge in [-0.05, 0) is 0 Å². The lowest BCUT2D eigenvalue weighted by Crippen LogP contribution is -2.14. The van der Waals surface area contributed by atoms with Crippen LogP contribution in [-0.4, -0.2) is 40.8 Å². The molecule has 16 heavy (non-hydrogen) atoms. The van der Waals surface area contributed by atoms with Gasteiger partial charge in [-0.2, -0.15) is 5.26 Å². The van der Waals surface area contributed by atoms with Crippen molar-refractivity contribution in [1.82, 2.24) is 9.97 Å². The van der Waals surface area contributed by atoms with E-state index in [1.165, 1.54) is 12.4 Å². The average molecular weight is 222 g/mol. The smallest absolute Gasteiger partial charge is 0.329 e. The lowest BCUT2D eigenvalue weighted by molar-refractivity contribution is -0.142. The molecule has 84 valence electrons. The lowest BCUT2D eigenvalue weighted by atomic mass is 10.5. The zero-order chi connectivity index (χ0) is 11.8. The molecule has 0 atom stereocenters. The first-order valence-electron chi connectivity index (χ1n) is 4.48. The fraction of sp³-hybridized carbons (Fsp3) is 0.333. The zero-order valence-corrected chi connectivity index (χ0v) is 8.38. The quantitative estimate of drug-likeness (QED) is 0.645. The van der Waals surface area contributed by atoms with Crippen LogP contribution in [-0.2, 0) is 9.53 Å². The van der Waals surface area contributed by atoms with Crippen LogP contribution < -0.4 is 5.32 Å². The van der Waals surface area contributed by atoms with E-state index >= 15 is 0 Å². The van der Waals surface area contributed by atoms with Crippen molar-refractivity contribution >= 4 is 11.8 Å². The van der Waals surface area contributed by atoms with E-state index in [-0.39, 0.29) is 18.9 Å². The number of rotatable bonds is 6. The topological polar surface area (TPSA) is 108 Å². The first-order chi connectivity index (χ1) is 7.72. The molecule has 0 amide bonds. The number of aromatic nitrogens is 2. The highest BCUT2D eigenvalue weighted by Gasteiger charge is 1.97. The van der Waals surface area contributed by atoms with Crippen LogP contribution in [0.2, 0.25) is 0 Å². The average Bonchev–Trinajstić information content (AvgIpc) is 2.29. The number of aliphatic carboxylic acids is 1. The van der Waals surface area contributed by atoms with Crippen molar-refractivity contribution in [3.63, 3.8) is 0 Å². The van der Waals surface area contributed by atoms with Crippen molar-refractivity contribution in [3.05, 3.63) is 18.1 Å². The Hall–Kier alpha value is -2.20. The fourth-order valence-electron chi connectivity index (χ4n) is 0.888. The molecule has 0 aliphatic heterocycles. The number of nitriles is 1. The van der Waals surface area contributed by atoms with Crippen LogP contribution in [0.5, 0.6) is 0 Å². The molecule has 0 unspecified atom stereocenters. The lowest BCUT2D eigenvalue weighted by Gasteiger charge is -2.04. The summed E-state index contributed by atoms with van der Waals surface area (Å²) in [5.74, 6) is -0.490. The Morgan fingerprint density at radius 1 is 1.56 bits per heavy atom. The second-order valence-corrected chi connectivity index (χ2v) is 2.77. The SMILES string of the molecule is N#Cc1cnc(NCCOCC(=O)O)cn1. The van der Waals surface area contributed by atoms with Gasteiger partial charge in [-0.15, -0.1) is 0 Å². The van der Waals surface area contributed by atoms with Gasteiger partial charge in [0.15, 0.2) is 5.69 Å². The van der Waals surface area contributed by atoms with E-state index in [4.69, 9.17) is 15.1 Å². The molecule has 0 saturated carbocycles. The number of carbonyl (C=O) groups is 1. The van der Waals surface area contributed by atoms with Gasteiger partial charge in [0.25, 0.3) is 0 Å². The summed E-state index contributed by atoms with van der Waals surface area (Å²) in [5, 5.41) is 19.6. The molecule has 0 aliphatic carbocycles. The molecule has 7 heteroatoms. The summed E-state index contributed by atoms with van der Waals surface area (Å²) in [4.78, 5) is 17.8. The van der Waals surface area contributed by atoms with Crippen LogP contribution in [0.1, 0.15) is 5.69 Å². The Labute approximate surface area is 91.7 Å². The summed E-state index contributed by atoms with van der Waals surface area (Å²) in [6.45, 7) is 0.364. The molecule has 0 saturated heterocycles. The monoisotopic (exact) mass is 222 g/mol. The third kappa shape index (κ3) is 4.34. The first kappa shape index (κ1) is 11.9. The van der Waals surface area contributed by atoms with Crippen molar-refractivity contribution in [2.24, 2.45) is 0 Å². The minimum absolute atomic E-state index is 0.243. The highest BCUT2D eigenvalue weighted by atomic mass is 16.5. The van der Waals surface area contributed by atoms with Gasteiger partial charge in [0.2, 0.25) is 0 Å². The van der Waals surface area contributed by atoms with Gasteiger partial charge in [-0.3, -0.25) is 0 Å². The number of carboxylic acids is 1. The second-order valence-electron chi connectivity index (χ2n) is 2.77. The maximum atomic E-state index is 10.1. The molecule has 7 nitrogen and oxygen atoms in total. The maximum absolute atomic E-state index is 10.1. The third-order valence-electron chi connectivity index (χ3n) is 1.54. The van der Waals surface area contributed by atoms with Crippen molar-refractivity contribution in [2.75, 3.05) is 25.1 Å². The van der Waals surface area contributed by atoms with E-state index in [2.05, 4.69) is 15.3 Å². The van der Waals surface area contributed by atoms with E-state index in [9.17, 15) is 4.79 Å². The Bertz CT molecular complexity index is 385. The van der Waals surface area contributed by atoms with Gasteiger partial charge >= 0.3 is 5.97 Å². The van der Waals surface area contributed by atoms with E-state index in [1.54, 1.807) is 0 Å². The number of carboxylic acid groups (broad SMARTS) is 1. The molecule has 1 rings (SSSR count). The van der Waals surface area contributed by atoms with Crippen LogP contribution in [0.25, 0.3) is 0 Å². The van der Waals surface area contributed by atoms with Gasteiger partial charge < -0.3 is 15.2 Å². The molecule has 1 aromatic rings. The zero-order valence-electron chi connectivity index (χ0n) is 8.38. The van der Waals surface area contributed by atoms with Crippen LogP contribution in [0.4, 0.5) is 5.82 Å². The van der Waals surface area contributed by atoms with Crippen molar-refractivity contribution in [2.45, 2.75) is 0 Å². The second kappa shape index (κ2) is 6.31. The normalized spacial score (nSPS) is 9.44. The number of ether oxygens (including phenoxy) is 1. The fourth-order valence-corrected chi connectivity index (χ4v) is 0.888. The van der Waals surface area contributed by atoms with Gasteiger partial charge in [-0.1, -0.05) is 0 Å². The van der Waals surface area contributed by atoms with Gasteiger partial charge in [0.05, 0.1) is 19.0 Å². The summed E-state index contributed by atoms with van der Waals surface area (Å²) in [7, 11) is 0. The van der Waals surface area contributed by atoms with Crippen LogP contribution in [0, 0.1) is 11.3 Å². The molecule has 0 fully saturated rings. The minimum atomic E-state index is -1.00. The predicted octanol–water partition coefficient (Wildman–Crippen LogP) is -0.139. The molecule has 0 bridgehead atoms. The largest absolute Gasteiger partial charge is 0.480 e. The first-order valence-corrected chi connectivity index (χ1v) is 4.48. The number of hydrogen-bond donors (Lipinski definition) is 2. The van der Waals surface area contributed by atoms with Crippen molar-refractivity contribution in [3.8, 4) is 6.07 Å². The molecular weight excluding hydrogens is 212 g/mol. The highest BCUT2D eigenvalue weighted by molar-refractivity contribution is 5.67. The van der Waals surface area contributed by atoms with Crippen LogP contribution in [0.3, 0.4) is 0 Å². The highest BCUT2D eigenvalue weighted by Crippen LogP contribution is 1.98. The Kier molecular flexibility index (Phi) is 4.69. The minimum Gasteiger partial charge on any atom is -0.480 e. The molecule has 0 spiro atoms. The Morgan fingerprint density at radius 3 is 2.94 bits per heavy atom. The Morgan fingerprint density at radius 2 is 2.38 bits per heavy atom. The number of nitrogens with one attached hydrogen (secondary N) is 1. The summed E-state index contributed by atoms with van der Waals surface area (Å²) in [5.41, 5.74) is 0.243. The van der Waals surface area contributed by atoms with Crippen molar-refractivity contribution in [1.29, 1.82) is 5.26 Å². The van der Waals surface area contributed by atoms with Gasteiger partial charge in [0, 0.05) is 6.54 Å². The van der Waals surface area contributed by atoms with Crippen LogP contribution in [0.15, 0.2) is 12.4 Å². The van der Waals surface area contributed by atoms with E-state index in [1.807, 2.05) is 6.07 Å². The Balaban J connectivity index is 2.22.